The maximum absolute atomic E-state index is 14.4. The second-order valence-corrected chi connectivity index (χ2v) is 14.4. The highest BCUT2D eigenvalue weighted by Crippen LogP contribution is 2.63. The van der Waals surface area contributed by atoms with Crippen molar-refractivity contribution < 1.29 is 24.2 Å². The van der Waals surface area contributed by atoms with Gasteiger partial charge in [0.15, 0.2) is 0 Å². The van der Waals surface area contributed by atoms with E-state index >= 15 is 0 Å². The van der Waals surface area contributed by atoms with Gasteiger partial charge in [0.05, 0.1) is 30.1 Å². The van der Waals surface area contributed by atoms with Crippen molar-refractivity contribution in [3.63, 3.8) is 0 Å². The summed E-state index contributed by atoms with van der Waals surface area (Å²) in [6.07, 6.45) is 2.56. The summed E-state index contributed by atoms with van der Waals surface area (Å²) < 4.78 is 6.75. The summed E-state index contributed by atoms with van der Waals surface area (Å²) in [7, 11) is 0. The molecule has 40 heavy (non-hydrogen) atoms. The molecule has 222 valence electrons. The lowest BCUT2D eigenvalue weighted by Gasteiger charge is -2.41. The summed E-state index contributed by atoms with van der Waals surface area (Å²) in [6.45, 7) is 16.4. The molecule has 8 heteroatoms. The van der Waals surface area contributed by atoms with E-state index in [2.05, 4.69) is 31.4 Å². The van der Waals surface area contributed by atoms with Crippen molar-refractivity contribution >= 4 is 17.7 Å². The van der Waals surface area contributed by atoms with Crippen LogP contribution in [0.4, 0.5) is 0 Å². The number of carbonyl (C=O) groups excluding carboxylic acids is 3. The van der Waals surface area contributed by atoms with Crippen LogP contribution in [0.25, 0.3) is 0 Å². The molecule has 7 atom stereocenters. The van der Waals surface area contributed by atoms with E-state index in [-0.39, 0.29) is 35.7 Å². The minimum Gasteiger partial charge on any atom is -0.394 e. The van der Waals surface area contributed by atoms with E-state index < -0.39 is 40.7 Å². The van der Waals surface area contributed by atoms with Crippen molar-refractivity contribution in [2.45, 2.75) is 116 Å². The summed E-state index contributed by atoms with van der Waals surface area (Å²) in [5, 5.41) is 16.8. The van der Waals surface area contributed by atoms with Gasteiger partial charge in [-0.2, -0.15) is 0 Å². The van der Waals surface area contributed by atoms with E-state index in [0.29, 0.717) is 19.4 Å². The van der Waals surface area contributed by atoms with E-state index in [1.807, 2.05) is 65.0 Å². The summed E-state index contributed by atoms with van der Waals surface area (Å²) in [4.78, 5) is 44.1. The Morgan fingerprint density at radius 1 is 1.12 bits per heavy atom. The van der Waals surface area contributed by atoms with Gasteiger partial charge in [0.1, 0.15) is 11.6 Å². The van der Waals surface area contributed by atoms with Crippen molar-refractivity contribution in [2.24, 2.45) is 23.2 Å². The quantitative estimate of drug-likeness (QED) is 0.407. The van der Waals surface area contributed by atoms with Crippen molar-refractivity contribution in [2.75, 3.05) is 6.61 Å². The molecule has 2 bridgehead atoms. The maximum atomic E-state index is 14.4. The second kappa shape index (κ2) is 10.8. The van der Waals surface area contributed by atoms with Gasteiger partial charge in [-0.25, -0.2) is 0 Å². The molecule has 3 N–H and O–H groups in total. The molecule has 0 radical (unpaired) electrons. The summed E-state index contributed by atoms with van der Waals surface area (Å²) in [5.41, 5.74) is -1.56. The molecular formula is C32H49N3O5. The number of nitrogens with one attached hydrogen (secondary N) is 2. The van der Waals surface area contributed by atoms with Gasteiger partial charge in [0.2, 0.25) is 17.7 Å². The number of hydrogen-bond donors (Lipinski definition) is 3. The molecule has 8 nitrogen and oxygen atoms in total. The zero-order valence-corrected chi connectivity index (χ0v) is 25.5. The molecule has 0 saturated carbocycles. The fraction of sp³-hybridized carbons (Fsp3) is 0.719. The lowest BCUT2D eigenvalue weighted by Crippen LogP contribution is -2.62. The Bertz CT molecular complexity index is 1120. The van der Waals surface area contributed by atoms with Gasteiger partial charge in [-0.3, -0.25) is 14.4 Å². The third kappa shape index (κ3) is 5.41. The smallest absolute Gasteiger partial charge is 0.246 e. The Morgan fingerprint density at radius 2 is 1.77 bits per heavy atom. The van der Waals surface area contributed by atoms with Gasteiger partial charge >= 0.3 is 0 Å². The van der Waals surface area contributed by atoms with E-state index in [4.69, 9.17) is 4.74 Å². The number of benzene rings is 1. The first-order valence-corrected chi connectivity index (χ1v) is 14.9. The van der Waals surface area contributed by atoms with E-state index in [1.165, 1.54) is 0 Å². The molecule has 0 aromatic heterocycles. The van der Waals surface area contributed by atoms with E-state index in [0.717, 1.165) is 18.4 Å². The highest BCUT2D eigenvalue weighted by Gasteiger charge is 2.78. The van der Waals surface area contributed by atoms with E-state index in [1.54, 1.807) is 4.90 Å². The van der Waals surface area contributed by atoms with Crippen LogP contribution in [-0.2, 0) is 25.7 Å². The molecule has 3 saturated heterocycles. The van der Waals surface area contributed by atoms with Crippen LogP contribution in [0.5, 0.6) is 0 Å². The number of nitrogens with zero attached hydrogens (tertiary/aromatic N) is 1. The first-order chi connectivity index (χ1) is 18.6. The number of hydrogen-bond acceptors (Lipinski definition) is 5. The van der Waals surface area contributed by atoms with Crippen molar-refractivity contribution in [3.05, 3.63) is 35.9 Å². The molecule has 3 amide bonds. The van der Waals surface area contributed by atoms with Crippen LogP contribution < -0.4 is 10.6 Å². The standard InChI is InChI=1S/C32H49N3O5/c1-9-20(2)22(18-36)35-25(27(38)34-30(6,7)19-29(3,4)5)32-16-15-31(8,40-32)23(24(32)28(35)39)26(37)33-17-21-13-11-10-12-14-21/h10-14,20,22-25,36H,9,15-19H2,1-8H3,(H,33,37)(H,34,38)/t20-,22-,23+,24-,25?,31-,32?/m0/s1. The predicted molar refractivity (Wildman–Crippen MR) is 154 cm³/mol. The molecule has 1 aromatic carbocycles. The number of likely N-dealkylation sites (tertiary alicyclic amines) is 1. The number of carbonyl (C=O) groups is 3. The second-order valence-electron chi connectivity index (χ2n) is 14.4. The number of ether oxygens (including phenoxy) is 1. The van der Waals surface area contributed by atoms with Gasteiger partial charge in [-0.15, -0.1) is 0 Å². The Balaban J connectivity index is 1.71. The number of aliphatic hydroxyl groups is 1. The molecule has 4 rings (SSSR count). The van der Waals surface area contributed by atoms with Crippen LogP contribution in [0.1, 0.15) is 86.6 Å². The number of fused-ring (bicyclic) bond motifs is 1. The minimum absolute atomic E-state index is 0.0229. The molecule has 3 aliphatic heterocycles. The molecule has 0 aliphatic carbocycles. The average Bonchev–Trinajstić information content (AvgIpc) is 3.42. The molecule has 3 aliphatic rings. The van der Waals surface area contributed by atoms with Gasteiger partial charge in [0, 0.05) is 12.1 Å². The third-order valence-corrected chi connectivity index (χ3v) is 9.33. The predicted octanol–water partition coefficient (Wildman–Crippen LogP) is 3.81. The normalized spacial score (nSPS) is 31.2. The van der Waals surface area contributed by atoms with Crippen LogP contribution in [0.3, 0.4) is 0 Å². The van der Waals surface area contributed by atoms with Gasteiger partial charge in [-0.1, -0.05) is 71.4 Å². The molecule has 1 spiro atoms. The van der Waals surface area contributed by atoms with Crippen molar-refractivity contribution in [1.82, 2.24) is 15.5 Å². The highest BCUT2D eigenvalue weighted by molar-refractivity contribution is 5.99. The largest absolute Gasteiger partial charge is 0.394 e. The number of aliphatic hydroxyl groups excluding tert-OH is 1. The van der Waals surface area contributed by atoms with Crippen LogP contribution >= 0.6 is 0 Å². The molecular weight excluding hydrogens is 506 g/mol. The van der Waals surface area contributed by atoms with Gasteiger partial charge in [-0.05, 0) is 56.9 Å². The minimum atomic E-state index is -1.12. The third-order valence-electron chi connectivity index (χ3n) is 9.33. The van der Waals surface area contributed by atoms with Crippen molar-refractivity contribution in [3.8, 4) is 0 Å². The van der Waals surface area contributed by atoms with Crippen molar-refractivity contribution in [1.29, 1.82) is 0 Å². The first-order valence-electron chi connectivity index (χ1n) is 14.9. The number of amides is 3. The zero-order chi connectivity index (χ0) is 29.7. The Hall–Kier alpha value is -2.45. The van der Waals surface area contributed by atoms with E-state index in [9.17, 15) is 19.5 Å². The lowest BCUT2D eigenvalue weighted by molar-refractivity contribution is -0.151. The Kier molecular flexibility index (Phi) is 8.20. The number of rotatable bonds is 10. The Morgan fingerprint density at radius 3 is 2.35 bits per heavy atom. The zero-order valence-electron chi connectivity index (χ0n) is 25.5. The fourth-order valence-electron chi connectivity index (χ4n) is 7.90. The van der Waals surface area contributed by atoms with Crippen LogP contribution in [0.15, 0.2) is 30.3 Å². The topological polar surface area (TPSA) is 108 Å². The monoisotopic (exact) mass is 555 g/mol. The highest BCUT2D eigenvalue weighted by atomic mass is 16.5. The Labute approximate surface area is 239 Å². The van der Waals surface area contributed by atoms with Crippen LogP contribution in [-0.4, -0.2) is 63.2 Å². The first kappa shape index (κ1) is 30.5. The molecule has 2 unspecified atom stereocenters. The van der Waals surface area contributed by atoms with Crippen LogP contribution in [0, 0.1) is 23.2 Å². The molecule has 3 fully saturated rings. The van der Waals surface area contributed by atoms with Crippen LogP contribution in [0.2, 0.25) is 0 Å². The SMILES string of the molecule is CC[C@H](C)[C@H](CO)N1C(=O)[C@@H]2[C@H](C(=O)NCc3ccccc3)[C@]3(C)CCC2(O3)C1C(=O)NC(C)(C)CC(C)(C)C. The summed E-state index contributed by atoms with van der Waals surface area (Å²) in [5.74, 6) is -2.33. The summed E-state index contributed by atoms with van der Waals surface area (Å²) >= 11 is 0. The lowest BCUT2D eigenvalue weighted by atomic mass is 9.66. The molecule has 3 heterocycles. The van der Waals surface area contributed by atoms with Gasteiger partial charge in [0.25, 0.3) is 0 Å². The summed E-state index contributed by atoms with van der Waals surface area (Å²) in [6, 6.07) is 8.18. The average molecular weight is 556 g/mol. The molecule has 1 aromatic rings. The van der Waals surface area contributed by atoms with Gasteiger partial charge < -0.3 is 25.4 Å². The fourth-order valence-corrected chi connectivity index (χ4v) is 7.90. The maximum Gasteiger partial charge on any atom is 0.246 e.